The molecule has 1 fully saturated rings. The van der Waals surface area contributed by atoms with Crippen LogP contribution in [0.2, 0.25) is 0 Å². The van der Waals surface area contributed by atoms with Crippen LogP contribution in [0.3, 0.4) is 0 Å². The number of hydrogen-bond acceptors (Lipinski definition) is 4. The van der Waals surface area contributed by atoms with Gasteiger partial charge in [0.1, 0.15) is 11.6 Å². The van der Waals surface area contributed by atoms with Crippen molar-refractivity contribution in [3.05, 3.63) is 30.7 Å². The molecule has 0 bridgehead atoms. The van der Waals surface area contributed by atoms with Gasteiger partial charge in [-0.1, -0.05) is 6.08 Å². The SMILES string of the molecule is C=CC[C@@]1(CO)CCCN(c2ccnc(C)n2)C1. The van der Waals surface area contributed by atoms with Crippen molar-refractivity contribution < 1.29 is 5.11 Å². The molecule has 1 saturated heterocycles. The third kappa shape index (κ3) is 2.70. The average Bonchev–Trinajstić information content (AvgIpc) is 2.39. The minimum absolute atomic E-state index is 0.0567. The molecular weight excluding hydrogens is 226 g/mol. The molecular formula is C14H21N3O. The van der Waals surface area contributed by atoms with Crippen LogP contribution in [-0.4, -0.2) is 34.8 Å². The topological polar surface area (TPSA) is 49.2 Å². The van der Waals surface area contributed by atoms with Crippen molar-refractivity contribution in [2.45, 2.75) is 26.2 Å². The zero-order valence-electron chi connectivity index (χ0n) is 11.0. The van der Waals surface area contributed by atoms with E-state index in [2.05, 4.69) is 21.4 Å². The maximum Gasteiger partial charge on any atom is 0.132 e. The fourth-order valence-electron chi connectivity index (χ4n) is 2.69. The number of aryl methyl sites for hydroxylation is 1. The van der Waals surface area contributed by atoms with Crippen LogP contribution >= 0.6 is 0 Å². The van der Waals surface area contributed by atoms with E-state index in [1.54, 1.807) is 6.20 Å². The lowest BCUT2D eigenvalue weighted by Crippen LogP contribution is -2.45. The Hall–Kier alpha value is -1.42. The number of hydrogen-bond donors (Lipinski definition) is 1. The molecule has 1 N–H and O–H groups in total. The maximum atomic E-state index is 9.68. The summed E-state index contributed by atoms with van der Waals surface area (Å²) in [5.41, 5.74) is -0.0567. The van der Waals surface area contributed by atoms with E-state index < -0.39 is 0 Å². The van der Waals surface area contributed by atoms with Crippen LogP contribution in [0, 0.1) is 12.3 Å². The van der Waals surface area contributed by atoms with E-state index in [1.807, 2.05) is 19.1 Å². The van der Waals surface area contributed by atoms with Gasteiger partial charge in [-0.3, -0.25) is 0 Å². The normalized spacial score (nSPS) is 24.0. The van der Waals surface area contributed by atoms with E-state index in [4.69, 9.17) is 0 Å². The molecule has 0 spiro atoms. The van der Waals surface area contributed by atoms with E-state index in [9.17, 15) is 5.11 Å². The monoisotopic (exact) mass is 247 g/mol. The second kappa shape index (κ2) is 5.48. The summed E-state index contributed by atoms with van der Waals surface area (Å²) >= 11 is 0. The number of rotatable bonds is 4. The first-order valence-electron chi connectivity index (χ1n) is 6.45. The molecule has 1 aromatic heterocycles. The molecule has 1 aromatic rings. The van der Waals surface area contributed by atoms with Crippen molar-refractivity contribution in [1.29, 1.82) is 0 Å². The van der Waals surface area contributed by atoms with Crippen molar-refractivity contribution in [1.82, 2.24) is 9.97 Å². The van der Waals surface area contributed by atoms with Gasteiger partial charge in [0.15, 0.2) is 0 Å². The van der Waals surface area contributed by atoms with E-state index >= 15 is 0 Å². The van der Waals surface area contributed by atoms with E-state index in [0.29, 0.717) is 0 Å². The lowest BCUT2D eigenvalue weighted by molar-refractivity contribution is 0.108. The molecule has 1 aliphatic rings. The van der Waals surface area contributed by atoms with Crippen molar-refractivity contribution in [2.24, 2.45) is 5.41 Å². The molecule has 4 nitrogen and oxygen atoms in total. The van der Waals surface area contributed by atoms with E-state index in [0.717, 1.165) is 44.0 Å². The molecule has 0 aromatic carbocycles. The second-order valence-corrected chi connectivity index (χ2v) is 5.14. The van der Waals surface area contributed by atoms with Crippen LogP contribution in [0.25, 0.3) is 0 Å². The van der Waals surface area contributed by atoms with Crippen LogP contribution in [0.5, 0.6) is 0 Å². The van der Waals surface area contributed by atoms with Crippen LogP contribution < -0.4 is 4.90 Å². The Bertz CT molecular complexity index is 421. The van der Waals surface area contributed by atoms with Crippen molar-refractivity contribution >= 4 is 5.82 Å². The standard InChI is InChI=1S/C14H21N3O/c1-3-6-14(11-18)7-4-9-17(10-14)13-5-8-15-12(2)16-13/h3,5,8,18H,1,4,6-7,9-11H2,2H3/t14-/m1/s1. The summed E-state index contributed by atoms with van der Waals surface area (Å²) in [6.07, 6.45) is 6.68. The molecule has 18 heavy (non-hydrogen) atoms. The highest BCUT2D eigenvalue weighted by molar-refractivity contribution is 5.38. The number of aliphatic hydroxyl groups excluding tert-OH is 1. The first-order chi connectivity index (χ1) is 8.69. The predicted molar refractivity (Wildman–Crippen MR) is 72.5 cm³/mol. The molecule has 0 amide bonds. The predicted octanol–water partition coefficient (Wildman–Crippen LogP) is 1.94. The molecule has 1 aliphatic heterocycles. The Morgan fingerprint density at radius 3 is 3.11 bits per heavy atom. The van der Waals surface area contributed by atoms with Gasteiger partial charge < -0.3 is 10.0 Å². The molecule has 0 saturated carbocycles. The van der Waals surface area contributed by atoms with Gasteiger partial charge in [0.25, 0.3) is 0 Å². The van der Waals surface area contributed by atoms with Crippen LogP contribution in [-0.2, 0) is 0 Å². The average molecular weight is 247 g/mol. The largest absolute Gasteiger partial charge is 0.396 e. The zero-order chi connectivity index (χ0) is 13.0. The van der Waals surface area contributed by atoms with Gasteiger partial charge >= 0.3 is 0 Å². The Balaban J connectivity index is 2.17. The molecule has 1 atom stereocenters. The Morgan fingerprint density at radius 1 is 1.61 bits per heavy atom. The third-order valence-corrected chi connectivity index (χ3v) is 3.66. The fourth-order valence-corrected chi connectivity index (χ4v) is 2.69. The van der Waals surface area contributed by atoms with Gasteiger partial charge in [-0.2, -0.15) is 0 Å². The summed E-state index contributed by atoms with van der Waals surface area (Å²) in [4.78, 5) is 10.8. The highest BCUT2D eigenvalue weighted by atomic mass is 16.3. The quantitative estimate of drug-likeness (QED) is 0.826. The van der Waals surface area contributed by atoms with Crippen LogP contribution in [0.1, 0.15) is 25.1 Å². The molecule has 0 unspecified atom stereocenters. The van der Waals surface area contributed by atoms with E-state index in [-0.39, 0.29) is 12.0 Å². The van der Waals surface area contributed by atoms with Gasteiger partial charge in [-0.15, -0.1) is 6.58 Å². The summed E-state index contributed by atoms with van der Waals surface area (Å²) in [7, 11) is 0. The molecule has 98 valence electrons. The highest BCUT2D eigenvalue weighted by Gasteiger charge is 2.34. The number of allylic oxidation sites excluding steroid dienone is 1. The number of piperidine rings is 1. The summed E-state index contributed by atoms with van der Waals surface area (Å²) in [5.74, 6) is 1.75. The first-order valence-corrected chi connectivity index (χ1v) is 6.45. The van der Waals surface area contributed by atoms with Crippen LogP contribution in [0.4, 0.5) is 5.82 Å². The van der Waals surface area contributed by atoms with Crippen molar-refractivity contribution in [3.63, 3.8) is 0 Å². The third-order valence-electron chi connectivity index (χ3n) is 3.66. The Labute approximate surface area is 108 Å². The number of aromatic nitrogens is 2. The smallest absolute Gasteiger partial charge is 0.132 e. The molecule has 4 heteroatoms. The summed E-state index contributed by atoms with van der Waals surface area (Å²) in [6.45, 7) is 7.75. The molecule has 0 aliphatic carbocycles. The minimum atomic E-state index is -0.0567. The lowest BCUT2D eigenvalue weighted by atomic mass is 9.78. The molecule has 0 radical (unpaired) electrons. The Kier molecular flexibility index (Phi) is 3.97. The second-order valence-electron chi connectivity index (χ2n) is 5.14. The van der Waals surface area contributed by atoms with Crippen LogP contribution in [0.15, 0.2) is 24.9 Å². The lowest BCUT2D eigenvalue weighted by Gasteiger charge is -2.42. The maximum absolute atomic E-state index is 9.68. The number of aliphatic hydroxyl groups is 1. The zero-order valence-corrected chi connectivity index (χ0v) is 11.0. The van der Waals surface area contributed by atoms with Gasteiger partial charge in [0.05, 0.1) is 6.61 Å². The summed E-state index contributed by atoms with van der Waals surface area (Å²) in [5, 5.41) is 9.68. The van der Waals surface area contributed by atoms with Gasteiger partial charge in [0, 0.05) is 24.7 Å². The van der Waals surface area contributed by atoms with Crippen molar-refractivity contribution in [2.75, 3.05) is 24.6 Å². The van der Waals surface area contributed by atoms with E-state index in [1.165, 1.54) is 0 Å². The summed E-state index contributed by atoms with van der Waals surface area (Å²) < 4.78 is 0. The Morgan fingerprint density at radius 2 is 2.44 bits per heavy atom. The van der Waals surface area contributed by atoms with Crippen molar-refractivity contribution in [3.8, 4) is 0 Å². The summed E-state index contributed by atoms with van der Waals surface area (Å²) in [6, 6.07) is 1.94. The molecule has 2 heterocycles. The minimum Gasteiger partial charge on any atom is -0.396 e. The van der Waals surface area contributed by atoms with Gasteiger partial charge in [0.2, 0.25) is 0 Å². The fraction of sp³-hybridized carbons (Fsp3) is 0.571. The first kappa shape index (κ1) is 13.0. The van der Waals surface area contributed by atoms with Gasteiger partial charge in [-0.05, 0) is 32.3 Å². The molecule has 2 rings (SSSR count). The highest BCUT2D eigenvalue weighted by Crippen LogP contribution is 2.34. The number of nitrogens with zero attached hydrogens (tertiary/aromatic N) is 3. The number of anilines is 1. The van der Waals surface area contributed by atoms with Gasteiger partial charge in [-0.25, -0.2) is 9.97 Å².